The summed E-state index contributed by atoms with van der Waals surface area (Å²) in [6.45, 7) is 2.63. The number of phosphoric acid groups is 1. The molecule has 3 atom stereocenters. The quantitative estimate of drug-likeness (QED) is 0.0200. The van der Waals surface area contributed by atoms with Crippen LogP contribution in [0, 0.1) is 0 Å². The Morgan fingerprint density at radius 3 is 1.23 bits per heavy atom. The molecule has 0 aromatic heterocycles. The Balaban J connectivity index is 3.78. The lowest BCUT2D eigenvalue weighted by molar-refractivity contribution is -0.147. The van der Waals surface area contributed by atoms with Crippen LogP contribution in [0.25, 0.3) is 0 Å². The van der Waals surface area contributed by atoms with Crippen LogP contribution in [0.1, 0.15) is 258 Å². The second-order valence-electron chi connectivity index (χ2n) is 17.7. The normalized spacial score (nSPS) is 13.6. The van der Waals surface area contributed by atoms with Crippen molar-refractivity contribution >= 4 is 25.7 Å². The molecule has 62 heavy (non-hydrogen) atoms. The fraction of sp³-hybridized carbons (Fsp3) is 0.900. The summed E-state index contributed by atoms with van der Waals surface area (Å²) < 4.78 is 26.9. The van der Waals surface area contributed by atoms with Crippen LogP contribution in [0.4, 0.5) is 0 Å². The van der Waals surface area contributed by atoms with Crippen molar-refractivity contribution in [1.29, 1.82) is 0 Å². The third-order valence-electron chi connectivity index (χ3n) is 11.6. The summed E-state index contributed by atoms with van der Waals surface area (Å²) in [5, 5.41) is 21.9. The van der Waals surface area contributed by atoms with Gasteiger partial charge in [-0.2, -0.15) is 0 Å². The number of aliphatic carboxylic acids is 1. The number of rotatable bonds is 49. The van der Waals surface area contributed by atoms with Crippen LogP contribution in [0.5, 0.6) is 0 Å². The zero-order valence-electron chi connectivity index (χ0n) is 39.9. The van der Waals surface area contributed by atoms with Gasteiger partial charge in [0.1, 0.15) is 12.7 Å². The SMILES string of the molecule is CCCCCCCCC/C=C\CCCCCCCC(=O)NC(COP(=O)(O)OCC(O)COC(=O)CCCCCCCCCCCCCCCCCCCCCCCC)C(=O)O. The van der Waals surface area contributed by atoms with Crippen molar-refractivity contribution in [2.75, 3.05) is 19.8 Å². The van der Waals surface area contributed by atoms with Gasteiger partial charge in [-0.3, -0.25) is 18.6 Å². The van der Waals surface area contributed by atoms with Gasteiger partial charge in [-0.1, -0.05) is 219 Å². The molecule has 0 saturated carbocycles. The van der Waals surface area contributed by atoms with E-state index < -0.39 is 57.6 Å². The molecule has 12 heteroatoms. The molecule has 0 aliphatic heterocycles. The predicted molar refractivity (Wildman–Crippen MR) is 254 cm³/mol. The van der Waals surface area contributed by atoms with Crippen molar-refractivity contribution < 1.29 is 47.8 Å². The molecular formula is C50H96NO10P. The van der Waals surface area contributed by atoms with E-state index in [1.54, 1.807) is 0 Å². The van der Waals surface area contributed by atoms with Crippen LogP contribution < -0.4 is 5.32 Å². The summed E-state index contributed by atoms with van der Waals surface area (Å²) in [5.74, 6) is -2.37. The summed E-state index contributed by atoms with van der Waals surface area (Å²) in [7, 11) is -4.76. The number of carbonyl (C=O) groups is 3. The number of nitrogens with one attached hydrogen (secondary N) is 1. The third-order valence-corrected chi connectivity index (χ3v) is 12.5. The highest BCUT2D eigenvalue weighted by atomic mass is 31.2. The Hall–Kier alpha value is -1.78. The first-order chi connectivity index (χ1) is 30.1. The summed E-state index contributed by atoms with van der Waals surface area (Å²) in [5.41, 5.74) is 0. The lowest BCUT2D eigenvalue weighted by Crippen LogP contribution is -2.43. The van der Waals surface area contributed by atoms with Gasteiger partial charge in [0.2, 0.25) is 5.91 Å². The minimum absolute atomic E-state index is 0.139. The van der Waals surface area contributed by atoms with E-state index in [9.17, 15) is 34.1 Å². The largest absolute Gasteiger partial charge is 0.480 e. The first kappa shape index (κ1) is 60.2. The van der Waals surface area contributed by atoms with E-state index in [1.165, 1.54) is 161 Å². The molecule has 0 bridgehead atoms. The highest BCUT2D eigenvalue weighted by Gasteiger charge is 2.28. The number of unbranched alkanes of at least 4 members (excludes halogenated alkanes) is 33. The van der Waals surface area contributed by atoms with Crippen molar-refractivity contribution in [3.63, 3.8) is 0 Å². The number of aliphatic hydroxyl groups excluding tert-OH is 1. The number of esters is 1. The molecule has 0 aliphatic carbocycles. The van der Waals surface area contributed by atoms with E-state index >= 15 is 0 Å². The molecule has 0 heterocycles. The third kappa shape index (κ3) is 44.8. The van der Waals surface area contributed by atoms with E-state index in [4.69, 9.17) is 13.8 Å². The van der Waals surface area contributed by atoms with E-state index in [0.29, 0.717) is 12.8 Å². The molecule has 4 N–H and O–H groups in total. The monoisotopic (exact) mass is 902 g/mol. The van der Waals surface area contributed by atoms with E-state index in [1.807, 2.05) is 0 Å². The minimum atomic E-state index is -4.76. The standard InChI is InChI=1S/C50H96NO10P/c1-3-5-7-9-11-13-15-17-19-21-22-23-24-25-26-28-30-32-34-36-38-40-42-49(54)59-43-46(52)44-60-62(57,58)61-45-47(50(55)56)51-48(53)41-39-37-35-33-31-29-27-20-18-16-14-12-10-8-6-4-2/h20,27,46-47,52H,3-19,21-26,28-45H2,1-2H3,(H,51,53)(H,55,56)(H,57,58)/b27-20-. The maximum absolute atomic E-state index is 12.3. The van der Waals surface area contributed by atoms with Crippen LogP contribution in [0.2, 0.25) is 0 Å². The van der Waals surface area contributed by atoms with E-state index in [-0.39, 0.29) is 12.8 Å². The van der Waals surface area contributed by atoms with Gasteiger partial charge in [0, 0.05) is 12.8 Å². The molecule has 0 fully saturated rings. The van der Waals surface area contributed by atoms with Gasteiger partial charge >= 0.3 is 19.8 Å². The number of hydrogen-bond acceptors (Lipinski definition) is 8. The zero-order chi connectivity index (χ0) is 45.6. The second kappa shape index (κ2) is 45.8. The Morgan fingerprint density at radius 1 is 0.500 bits per heavy atom. The van der Waals surface area contributed by atoms with Gasteiger partial charge in [0.25, 0.3) is 0 Å². The number of aliphatic hydroxyl groups is 1. The van der Waals surface area contributed by atoms with Crippen molar-refractivity contribution in [3.8, 4) is 0 Å². The number of amides is 1. The van der Waals surface area contributed by atoms with Gasteiger partial charge in [-0.15, -0.1) is 0 Å². The highest BCUT2D eigenvalue weighted by molar-refractivity contribution is 7.47. The fourth-order valence-corrected chi connectivity index (χ4v) is 8.32. The Kier molecular flexibility index (Phi) is 44.5. The molecule has 0 saturated heterocycles. The van der Waals surface area contributed by atoms with Gasteiger partial charge in [0.05, 0.1) is 13.2 Å². The summed E-state index contributed by atoms with van der Waals surface area (Å²) >= 11 is 0. The molecule has 0 aromatic rings. The van der Waals surface area contributed by atoms with Crippen LogP contribution >= 0.6 is 7.82 Å². The summed E-state index contributed by atoms with van der Waals surface area (Å²) in [6.07, 6.45) is 48.1. The van der Waals surface area contributed by atoms with Gasteiger partial charge in [-0.05, 0) is 38.5 Å². The van der Waals surface area contributed by atoms with Crippen molar-refractivity contribution in [2.24, 2.45) is 0 Å². The molecule has 1 amide bonds. The Labute approximate surface area is 379 Å². The van der Waals surface area contributed by atoms with E-state index in [2.05, 4.69) is 31.3 Å². The maximum atomic E-state index is 12.3. The smallest absolute Gasteiger partial charge is 0.472 e. The predicted octanol–water partition coefficient (Wildman–Crippen LogP) is 14.0. The van der Waals surface area contributed by atoms with Crippen molar-refractivity contribution in [3.05, 3.63) is 12.2 Å². The van der Waals surface area contributed by atoms with Gasteiger partial charge < -0.3 is 25.2 Å². The first-order valence-electron chi connectivity index (χ1n) is 25.7. The number of phosphoric ester groups is 1. The first-order valence-corrected chi connectivity index (χ1v) is 27.2. The fourth-order valence-electron chi connectivity index (χ4n) is 7.55. The molecule has 0 aromatic carbocycles. The summed E-state index contributed by atoms with van der Waals surface area (Å²) in [4.78, 5) is 46.1. The second-order valence-corrected chi connectivity index (χ2v) is 19.2. The van der Waals surface area contributed by atoms with Crippen molar-refractivity contribution in [1.82, 2.24) is 5.32 Å². The number of hydrogen-bond donors (Lipinski definition) is 4. The molecule has 0 spiro atoms. The number of carboxylic acids is 1. The summed E-state index contributed by atoms with van der Waals surface area (Å²) in [6, 6.07) is -1.55. The van der Waals surface area contributed by atoms with Crippen LogP contribution in [-0.4, -0.2) is 64.9 Å². The molecule has 0 rings (SSSR count). The van der Waals surface area contributed by atoms with Crippen LogP contribution in [-0.2, 0) is 32.7 Å². The Bertz CT molecular complexity index is 1110. The molecule has 366 valence electrons. The molecule has 0 radical (unpaired) electrons. The zero-order valence-corrected chi connectivity index (χ0v) is 40.8. The van der Waals surface area contributed by atoms with Crippen molar-refractivity contribution in [2.45, 2.75) is 270 Å². The lowest BCUT2D eigenvalue weighted by atomic mass is 10.0. The molecular weight excluding hydrogens is 806 g/mol. The number of ether oxygens (including phenoxy) is 1. The minimum Gasteiger partial charge on any atom is -0.480 e. The average Bonchev–Trinajstić information content (AvgIpc) is 3.25. The van der Waals surface area contributed by atoms with Crippen LogP contribution in [0.3, 0.4) is 0 Å². The molecule has 3 unspecified atom stereocenters. The number of allylic oxidation sites excluding steroid dienone is 2. The maximum Gasteiger partial charge on any atom is 0.472 e. The Morgan fingerprint density at radius 2 is 0.839 bits per heavy atom. The lowest BCUT2D eigenvalue weighted by Gasteiger charge is -2.18. The topological polar surface area (TPSA) is 169 Å². The number of carbonyl (C=O) groups excluding carboxylic acids is 2. The number of carboxylic acid groups (broad SMARTS) is 1. The molecule has 0 aliphatic rings. The van der Waals surface area contributed by atoms with Gasteiger partial charge in [-0.25, -0.2) is 9.36 Å². The molecule has 11 nitrogen and oxygen atoms in total. The van der Waals surface area contributed by atoms with Crippen LogP contribution in [0.15, 0.2) is 12.2 Å². The highest BCUT2D eigenvalue weighted by Crippen LogP contribution is 2.43. The average molecular weight is 902 g/mol. The van der Waals surface area contributed by atoms with Gasteiger partial charge in [0.15, 0.2) is 6.04 Å². The van der Waals surface area contributed by atoms with E-state index in [0.717, 1.165) is 57.8 Å².